The number of hydrogen-bond acceptors (Lipinski definition) is 6. The van der Waals surface area contributed by atoms with Gasteiger partial charge < -0.3 is 15.8 Å². The first kappa shape index (κ1) is 20.4. The van der Waals surface area contributed by atoms with Gasteiger partial charge in [-0.2, -0.15) is 5.10 Å². The number of hydrogen-bond donors (Lipinski definition) is 2. The molecule has 9 heteroatoms. The first-order chi connectivity index (χ1) is 14.3. The Balaban J connectivity index is 1.91. The number of aryl methyl sites for hydroxylation is 1. The molecule has 0 radical (unpaired) electrons. The van der Waals surface area contributed by atoms with Crippen LogP contribution >= 0.6 is 11.6 Å². The number of rotatable bonds is 5. The fourth-order valence-electron chi connectivity index (χ4n) is 4.25. The Morgan fingerprint density at radius 2 is 2.17 bits per heavy atom. The Bertz CT molecular complexity index is 1140. The van der Waals surface area contributed by atoms with Crippen LogP contribution in [0.15, 0.2) is 12.4 Å². The third kappa shape index (κ3) is 3.25. The lowest BCUT2D eigenvalue weighted by molar-refractivity contribution is -0.119. The predicted molar refractivity (Wildman–Crippen MR) is 116 cm³/mol. The summed E-state index contributed by atoms with van der Waals surface area (Å²) < 4.78 is 7.97. The lowest BCUT2D eigenvalue weighted by atomic mass is 9.89. The zero-order valence-corrected chi connectivity index (χ0v) is 18.2. The van der Waals surface area contributed by atoms with Gasteiger partial charge >= 0.3 is 0 Å². The Morgan fingerprint density at radius 1 is 1.40 bits per heavy atom. The highest BCUT2D eigenvalue weighted by Gasteiger charge is 2.31. The highest BCUT2D eigenvalue weighted by Crippen LogP contribution is 2.43. The first-order valence-corrected chi connectivity index (χ1v) is 10.4. The van der Waals surface area contributed by atoms with Crippen LogP contribution in [0.1, 0.15) is 54.6 Å². The number of amides is 1. The number of benzene rings is 1. The smallest absolute Gasteiger partial charge is 0.220 e. The fourth-order valence-corrected chi connectivity index (χ4v) is 4.47. The average Bonchev–Trinajstić information content (AvgIpc) is 3.28. The summed E-state index contributed by atoms with van der Waals surface area (Å²) in [7, 11) is 0. The molecular weight excluding hydrogens is 404 g/mol. The number of halogens is 1. The molecule has 0 bridgehead atoms. The molecule has 1 unspecified atom stereocenters. The Hall–Kier alpha value is -2.87. The van der Waals surface area contributed by atoms with Crippen molar-refractivity contribution < 1.29 is 9.53 Å². The largest absolute Gasteiger partial charge is 0.493 e. The minimum Gasteiger partial charge on any atom is -0.493 e. The number of ether oxygens (including phenoxy) is 1. The molecule has 0 saturated carbocycles. The second-order valence-electron chi connectivity index (χ2n) is 7.62. The molecule has 3 aromatic rings. The lowest BCUT2D eigenvalue weighted by Gasteiger charge is -2.25. The molecule has 158 valence electrons. The molecule has 1 aliphatic heterocycles. The minimum atomic E-state index is -0.223. The number of nitrogen functional groups attached to an aromatic ring is 1. The van der Waals surface area contributed by atoms with Crippen molar-refractivity contribution in [2.24, 2.45) is 0 Å². The third-order valence-electron chi connectivity index (χ3n) is 5.74. The molecule has 1 saturated heterocycles. The molecule has 1 aromatic carbocycles. The van der Waals surface area contributed by atoms with Gasteiger partial charge in [0.1, 0.15) is 17.9 Å². The van der Waals surface area contributed by atoms with Gasteiger partial charge in [-0.25, -0.2) is 14.6 Å². The van der Waals surface area contributed by atoms with Crippen molar-refractivity contribution in [3.63, 3.8) is 0 Å². The molecule has 1 fully saturated rings. The van der Waals surface area contributed by atoms with E-state index in [4.69, 9.17) is 22.1 Å². The maximum atomic E-state index is 11.9. The van der Waals surface area contributed by atoms with Crippen molar-refractivity contribution in [3.05, 3.63) is 39.8 Å². The summed E-state index contributed by atoms with van der Waals surface area (Å²) in [5.41, 5.74) is 10.3. The fraction of sp³-hybridized carbons (Fsp3) is 0.429. The van der Waals surface area contributed by atoms with E-state index in [-0.39, 0.29) is 17.9 Å². The van der Waals surface area contributed by atoms with Crippen LogP contribution in [0, 0.1) is 13.8 Å². The van der Waals surface area contributed by atoms with E-state index in [0.717, 1.165) is 33.5 Å². The number of fused-ring (bicyclic) bond motifs is 1. The molecular formula is C21H25ClN6O2. The summed E-state index contributed by atoms with van der Waals surface area (Å²) in [6.45, 7) is 8.89. The molecule has 4 rings (SSSR count). The van der Waals surface area contributed by atoms with Crippen molar-refractivity contribution in [2.45, 2.75) is 46.1 Å². The molecule has 0 aliphatic carbocycles. The average molecular weight is 429 g/mol. The molecule has 2 atom stereocenters. The maximum Gasteiger partial charge on any atom is 0.220 e. The number of nitrogens with zero attached hydrogens (tertiary/aromatic N) is 4. The van der Waals surface area contributed by atoms with Gasteiger partial charge in [-0.3, -0.25) is 4.79 Å². The van der Waals surface area contributed by atoms with Crippen LogP contribution < -0.4 is 15.8 Å². The summed E-state index contributed by atoms with van der Waals surface area (Å²) >= 11 is 6.65. The topological polar surface area (TPSA) is 108 Å². The monoisotopic (exact) mass is 428 g/mol. The standard InChI is InChI=1S/C21H25ClN6O2/c1-5-30-19-14(7-15(22)10(2)17(19)13-6-16(29)24-8-13)12(4)28-21-18(11(3)27-28)20(23)25-9-26-21/h7,9,12-13H,5-6,8H2,1-4H3,(H,24,29)(H2,23,25,26)/t12-,13?/m1/s1. The molecule has 0 spiro atoms. The number of carbonyl (C=O) groups is 1. The van der Waals surface area contributed by atoms with Gasteiger partial charge in [0.15, 0.2) is 5.65 Å². The zero-order valence-electron chi connectivity index (χ0n) is 17.5. The van der Waals surface area contributed by atoms with Crippen LogP contribution in [0.4, 0.5) is 5.82 Å². The minimum absolute atomic E-state index is 0.0118. The molecule has 3 heterocycles. The molecule has 30 heavy (non-hydrogen) atoms. The Morgan fingerprint density at radius 3 is 2.83 bits per heavy atom. The van der Waals surface area contributed by atoms with E-state index in [1.807, 2.05) is 38.4 Å². The van der Waals surface area contributed by atoms with Gasteiger partial charge in [0.2, 0.25) is 5.91 Å². The van der Waals surface area contributed by atoms with Gasteiger partial charge in [-0.15, -0.1) is 0 Å². The van der Waals surface area contributed by atoms with Crippen LogP contribution in [0.3, 0.4) is 0 Å². The second-order valence-corrected chi connectivity index (χ2v) is 8.02. The van der Waals surface area contributed by atoms with Gasteiger partial charge in [-0.1, -0.05) is 11.6 Å². The quantitative estimate of drug-likeness (QED) is 0.645. The molecule has 3 N–H and O–H groups in total. The molecule has 1 amide bonds. The van der Waals surface area contributed by atoms with Crippen LogP contribution in [-0.2, 0) is 4.79 Å². The number of nitrogens with two attached hydrogens (primary N) is 1. The van der Waals surface area contributed by atoms with Crippen molar-refractivity contribution in [1.29, 1.82) is 0 Å². The number of aromatic nitrogens is 4. The van der Waals surface area contributed by atoms with Crippen LogP contribution in [0.5, 0.6) is 5.75 Å². The molecule has 8 nitrogen and oxygen atoms in total. The summed E-state index contributed by atoms with van der Waals surface area (Å²) in [5.74, 6) is 1.21. The number of carbonyl (C=O) groups excluding carboxylic acids is 1. The summed E-state index contributed by atoms with van der Waals surface area (Å²) in [6, 6.07) is 1.70. The van der Waals surface area contributed by atoms with Crippen molar-refractivity contribution in [3.8, 4) is 5.75 Å². The van der Waals surface area contributed by atoms with Crippen molar-refractivity contribution in [1.82, 2.24) is 25.1 Å². The second kappa shape index (κ2) is 7.75. The van der Waals surface area contributed by atoms with Gasteiger partial charge in [0, 0.05) is 35.0 Å². The number of anilines is 1. The van der Waals surface area contributed by atoms with Crippen molar-refractivity contribution >= 4 is 34.4 Å². The first-order valence-electron chi connectivity index (χ1n) is 10.0. The van der Waals surface area contributed by atoms with E-state index in [2.05, 4.69) is 20.4 Å². The van der Waals surface area contributed by atoms with Crippen LogP contribution in [0.2, 0.25) is 5.02 Å². The zero-order chi connectivity index (χ0) is 21.6. The van der Waals surface area contributed by atoms with E-state index in [1.165, 1.54) is 6.33 Å². The normalized spacial score (nSPS) is 17.4. The van der Waals surface area contributed by atoms with Crippen molar-refractivity contribution in [2.75, 3.05) is 18.9 Å². The summed E-state index contributed by atoms with van der Waals surface area (Å²) in [4.78, 5) is 20.4. The predicted octanol–water partition coefficient (Wildman–Crippen LogP) is 3.29. The molecule has 2 aromatic heterocycles. The highest BCUT2D eigenvalue weighted by molar-refractivity contribution is 6.31. The highest BCUT2D eigenvalue weighted by atomic mass is 35.5. The Labute approximate surface area is 179 Å². The van der Waals surface area contributed by atoms with E-state index in [9.17, 15) is 4.79 Å². The number of nitrogens with one attached hydrogen (secondary N) is 1. The van der Waals surface area contributed by atoms with Crippen LogP contribution in [0.25, 0.3) is 11.0 Å². The lowest BCUT2D eigenvalue weighted by Crippen LogP contribution is -2.16. The van der Waals surface area contributed by atoms with Crippen LogP contribution in [-0.4, -0.2) is 38.8 Å². The summed E-state index contributed by atoms with van der Waals surface area (Å²) in [6.07, 6.45) is 1.86. The van der Waals surface area contributed by atoms with E-state index in [0.29, 0.717) is 36.1 Å². The molecule has 1 aliphatic rings. The van der Waals surface area contributed by atoms with E-state index < -0.39 is 0 Å². The van der Waals surface area contributed by atoms with E-state index in [1.54, 1.807) is 0 Å². The SMILES string of the molecule is CCOc1c([C@@H](C)n2nc(C)c3c(N)ncnc32)cc(Cl)c(C)c1C1CNC(=O)C1. The third-order valence-corrected chi connectivity index (χ3v) is 6.13. The summed E-state index contributed by atoms with van der Waals surface area (Å²) in [5, 5.41) is 8.98. The van der Waals surface area contributed by atoms with Gasteiger partial charge in [0.05, 0.1) is 23.7 Å². The maximum absolute atomic E-state index is 11.9. The Kier molecular flexibility index (Phi) is 5.27. The van der Waals surface area contributed by atoms with E-state index >= 15 is 0 Å². The van der Waals surface area contributed by atoms with Gasteiger partial charge in [-0.05, 0) is 39.3 Å². The van der Waals surface area contributed by atoms with Gasteiger partial charge in [0.25, 0.3) is 0 Å².